The number of hydrogen-bond donors (Lipinski definition) is 1. The number of ether oxygens (including phenoxy) is 1. The van der Waals surface area contributed by atoms with E-state index in [0.29, 0.717) is 31.5 Å². The van der Waals surface area contributed by atoms with Gasteiger partial charge < -0.3 is 15.0 Å². The molecular weight excluding hydrogens is 382 g/mol. The SMILES string of the molecule is CCC(C)NC(=O)C1COC2(CCN(C(=O)C(C)C)CC2)N1C(=O)c1ccccc1. The summed E-state index contributed by atoms with van der Waals surface area (Å²) in [5.41, 5.74) is -0.331. The van der Waals surface area contributed by atoms with Gasteiger partial charge >= 0.3 is 0 Å². The third-order valence-corrected chi connectivity index (χ3v) is 6.15. The van der Waals surface area contributed by atoms with Crippen molar-refractivity contribution in [3.8, 4) is 0 Å². The highest BCUT2D eigenvalue weighted by Crippen LogP contribution is 2.38. The lowest BCUT2D eigenvalue weighted by Crippen LogP contribution is -2.60. The van der Waals surface area contributed by atoms with Crippen molar-refractivity contribution in [1.29, 1.82) is 0 Å². The van der Waals surface area contributed by atoms with Gasteiger partial charge in [-0.2, -0.15) is 0 Å². The van der Waals surface area contributed by atoms with Gasteiger partial charge in [0.2, 0.25) is 11.8 Å². The second-order valence-corrected chi connectivity index (χ2v) is 8.61. The normalized spacial score (nSPS) is 21.7. The summed E-state index contributed by atoms with van der Waals surface area (Å²) in [5, 5.41) is 2.99. The van der Waals surface area contributed by atoms with Gasteiger partial charge in [-0.05, 0) is 25.5 Å². The van der Waals surface area contributed by atoms with E-state index in [-0.39, 0.29) is 36.3 Å². The molecule has 2 atom stereocenters. The van der Waals surface area contributed by atoms with Crippen LogP contribution in [0.2, 0.25) is 0 Å². The molecule has 0 saturated carbocycles. The Kier molecular flexibility index (Phi) is 6.81. The van der Waals surface area contributed by atoms with Crippen LogP contribution in [0.1, 0.15) is 57.3 Å². The summed E-state index contributed by atoms with van der Waals surface area (Å²) in [4.78, 5) is 42.4. The zero-order valence-electron chi connectivity index (χ0n) is 18.4. The number of nitrogens with zero attached hydrogens (tertiary/aromatic N) is 2. The molecule has 1 spiro atoms. The van der Waals surface area contributed by atoms with E-state index in [4.69, 9.17) is 4.74 Å². The van der Waals surface area contributed by atoms with Gasteiger partial charge in [-0.1, -0.05) is 39.0 Å². The van der Waals surface area contributed by atoms with E-state index in [1.807, 2.05) is 50.8 Å². The van der Waals surface area contributed by atoms with Gasteiger partial charge in [0.1, 0.15) is 11.8 Å². The molecule has 1 N–H and O–H groups in total. The molecule has 2 aliphatic rings. The Balaban J connectivity index is 1.86. The Hall–Kier alpha value is -2.41. The number of benzene rings is 1. The standard InChI is InChI=1S/C23H33N3O4/c1-5-17(4)24-20(27)19-15-30-23(11-13-25(14-12-23)21(28)16(2)3)26(19)22(29)18-9-7-6-8-10-18/h6-10,16-17,19H,5,11-15H2,1-4H3,(H,24,27). The van der Waals surface area contributed by atoms with Crippen LogP contribution < -0.4 is 5.32 Å². The minimum absolute atomic E-state index is 0.0215. The molecule has 2 fully saturated rings. The summed E-state index contributed by atoms with van der Waals surface area (Å²) in [5.74, 6) is -0.360. The minimum Gasteiger partial charge on any atom is -0.353 e. The molecule has 1 aromatic rings. The maximum absolute atomic E-state index is 13.5. The lowest BCUT2D eigenvalue weighted by Gasteiger charge is -2.45. The molecule has 2 heterocycles. The molecule has 7 nitrogen and oxygen atoms in total. The second-order valence-electron chi connectivity index (χ2n) is 8.61. The zero-order valence-corrected chi connectivity index (χ0v) is 18.4. The first-order valence-corrected chi connectivity index (χ1v) is 10.9. The average molecular weight is 416 g/mol. The predicted octanol–water partition coefficient (Wildman–Crippen LogP) is 2.42. The van der Waals surface area contributed by atoms with E-state index in [9.17, 15) is 14.4 Å². The molecule has 30 heavy (non-hydrogen) atoms. The largest absolute Gasteiger partial charge is 0.353 e. The number of rotatable bonds is 5. The molecule has 2 saturated heterocycles. The molecule has 0 aromatic heterocycles. The van der Waals surface area contributed by atoms with E-state index >= 15 is 0 Å². The average Bonchev–Trinajstić information content (AvgIpc) is 3.12. The highest BCUT2D eigenvalue weighted by atomic mass is 16.5. The number of carbonyl (C=O) groups excluding carboxylic acids is 3. The van der Waals surface area contributed by atoms with Crippen molar-refractivity contribution in [2.24, 2.45) is 5.92 Å². The van der Waals surface area contributed by atoms with E-state index in [2.05, 4.69) is 5.32 Å². The molecule has 164 valence electrons. The maximum atomic E-state index is 13.5. The van der Waals surface area contributed by atoms with Crippen molar-refractivity contribution in [2.45, 2.75) is 64.8 Å². The Morgan fingerprint density at radius 1 is 1.13 bits per heavy atom. The third kappa shape index (κ3) is 4.36. The summed E-state index contributed by atoms with van der Waals surface area (Å²) in [7, 11) is 0. The fourth-order valence-electron chi connectivity index (χ4n) is 4.17. The van der Waals surface area contributed by atoms with Crippen LogP contribution in [0.3, 0.4) is 0 Å². The molecule has 2 aliphatic heterocycles. The van der Waals surface area contributed by atoms with Crippen molar-refractivity contribution >= 4 is 17.7 Å². The Bertz CT molecular complexity index is 772. The second kappa shape index (κ2) is 9.16. The van der Waals surface area contributed by atoms with Gasteiger partial charge in [0.25, 0.3) is 5.91 Å². The molecule has 0 radical (unpaired) electrons. The zero-order chi connectivity index (χ0) is 21.9. The molecular formula is C23H33N3O4. The van der Waals surface area contributed by atoms with Crippen molar-refractivity contribution < 1.29 is 19.1 Å². The van der Waals surface area contributed by atoms with Crippen LogP contribution in [0.15, 0.2) is 30.3 Å². The van der Waals surface area contributed by atoms with Gasteiger partial charge in [0.05, 0.1) is 6.61 Å². The van der Waals surface area contributed by atoms with Crippen molar-refractivity contribution in [2.75, 3.05) is 19.7 Å². The number of carbonyl (C=O) groups is 3. The van der Waals surface area contributed by atoms with Gasteiger partial charge in [-0.3, -0.25) is 19.3 Å². The molecule has 7 heteroatoms. The minimum atomic E-state index is -0.863. The molecule has 0 bridgehead atoms. The number of nitrogens with one attached hydrogen (secondary N) is 1. The molecule has 3 amide bonds. The van der Waals surface area contributed by atoms with Crippen LogP contribution in [0.4, 0.5) is 0 Å². The summed E-state index contributed by atoms with van der Waals surface area (Å²) in [6.07, 6.45) is 1.80. The van der Waals surface area contributed by atoms with E-state index in [0.717, 1.165) is 6.42 Å². The first-order valence-electron chi connectivity index (χ1n) is 10.9. The van der Waals surface area contributed by atoms with E-state index in [1.165, 1.54) is 0 Å². The van der Waals surface area contributed by atoms with Crippen molar-refractivity contribution in [3.05, 3.63) is 35.9 Å². The molecule has 0 aliphatic carbocycles. The van der Waals surface area contributed by atoms with Crippen LogP contribution in [0, 0.1) is 5.92 Å². The van der Waals surface area contributed by atoms with Gasteiger partial charge in [0, 0.05) is 43.5 Å². The number of piperidine rings is 1. The van der Waals surface area contributed by atoms with Crippen LogP contribution in [0.5, 0.6) is 0 Å². The van der Waals surface area contributed by atoms with Gasteiger partial charge in [-0.15, -0.1) is 0 Å². The number of likely N-dealkylation sites (tertiary alicyclic amines) is 1. The first-order chi connectivity index (χ1) is 14.3. The monoisotopic (exact) mass is 415 g/mol. The summed E-state index contributed by atoms with van der Waals surface area (Å²) < 4.78 is 6.18. The van der Waals surface area contributed by atoms with Gasteiger partial charge in [-0.25, -0.2) is 0 Å². The molecule has 3 rings (SSSR count). The summed E-state index contributed by atoms with van der Waals surface area (Å²) in [6.45, 7) is 8.91. The van der Waals surface area contributed by atoms with Crippen LogP contribution in [-0.2, 0) is 14.3 Å². The molecule has 2 unspecified atom stereocenters. The first kappa shape index (κ1) is 22.3. The number of hydrogen-bond acceptors (Lipinski definition) is 4. The number of amides is 3. The Morgan fingerprint density at radius 2 is 1.77 bits per heavy atom. The van der Waals surface area contributed by atoms with Gasteiger partial charge in [0.15, 0.2) is 0 Å². The molecule has 1 aromatic carbocycles. The fourth-order valence-corrected chi connectivity index (χ4v) is 4.17. The maximum Gasteiger partial charge on any atom is 0.256 e. The fraction of sp³-hybridized carbons (Fsp3) is 0.609. The summed E-state index contributed by atoms with van der Waals surface area (Å²) in [6, 6.07) is 8.34. The summed E-state index contributed by atoms with van der Waals surface area (Å²) >= 11 is 0. The lowest BCUT2D eigenvalue weighted by atomic mass is 9.95. The predicted molar refractivity (Wildman–Crippen MR) is 114 cm³/mol. The highest BCUT2D eigenvalue weighted by Gasteiger charge is 2.54. The van der Waals surface area contributed by atoms with Crippen LogP contribution in [0.25, 0.3) is 0 Å². The van der Waals surface area contributed by atoms with E-state index < -0.39 is 11.8 Å². The lowest BCUT2D eigenvalue weighted by molar-refractivity contribution is -0.146. The van der Waals surface area contributed by atoms with Crippen LogP contribution >= 0.6 is 0 Å². The van der Waals surface area contributed by atoms with E-state index in [1.54, 1.807) is 17.0 Å². The topological polar surface area (TPSA) is 79.0 Å². The van der Waals surface area contributed by atoms with Crippen molar-refractivity contribution in [1.82, 2.24) is 15.1 Å². The van der Waals surface area contributed by atoms with Crippen molar-refractivity contribution in [3.63, 3.8) is 0 Å². The Morgan fingerprint density at radius 3 is 2.33 bits per heavy atom. The van der Waals surface area contributed by atoms with Crippen LogP contribution in [-0.4, -0.2) is 65.0 Å². The highest BCUT2D eigenvalue weighted by molar-refractivity contribution is 5.98. The quantitative estimate of drug-likeness (QED) is 0.801. The third-order valence-electron chi connectivity index (χ3n) is 6.15. The Labute approximate surface area is 178 Å². The smallest absolute Gasteiger partial charge is 0.256 e.